The van der Waals surface area contributed by atoms with Crippen molar-refractivity contribution in [1.29, 1.82) is 0 Å². The molecule has 1 N–H and O–H groups in total. The SMILES string of the molecule is COc1cccc(CN2CCN[C@H](C)C2)c1OC. The fourth-order valence-electron chi connectivity index (χ4n) is 2.47. The first-order chi connectivity index (χ1) is 8.74. The molecule has 0 radical (unpaired) electrons. The Morgan fingerprint density at radius 1 is 1.33 bits per heavy atom. The molecule has 0 aromatic heterocycles. The number of para-hydroxylation sites is 1. The highest BCUT2D eigenvalue weighted by Gasteiger charge is 2.18. The molecule has 1 aliphatic heterocycles. The van der Waals surface area contributed by atoms with Gasteiger partial charge in [0.15, 0.2) is 11.5 Å². The second-order valence-electron chi connectivity index (χ2n) is 4.74. The Morgan fingerprint density at radius 3 is 2.83 bits per heavy atom. The van der Waals surface area contributed by atoms with E-state index in [-0.39, 0.29) is 0 Å². The average Bonchev–Trinajstić information content (AvgIpc) is 2.38. The van der Waals surface area contributed by atoms with E-state index in [1.807, 2.05) is 12.1 Å². The predicted octanol–water partition coefficient (Wildman–Crippen LogP) is 1.50. The number of hydrogen-bond acceptors (Lipinski definition) is 4. The number of nitrogens with one attached hydrogen (secondary N) is 1. The van der Waals surface area contributed by atoms with Gasteiger partial charge in [0, 0.05) is 37.8 Å². The average molecular weight is 250 g/mol. The minimum atomic E-state index is 0.551. The summed E-state index contributed by atoms with van der Waals surface area (Å²) in [5, 5.41) is 3.45. The Balaban J connectivity index is 2.12. The summed E-state index contributed by atoms with van der Waals surface area (Å²) in [6.07, 6.45) is 0. The molecule has 18 heavy (non-hydrogen) atoms. The van der Waals surface area contributed by atoms with Gasteiger partial charge in [0.1, 0.15) is 0 Å². The van der Waals surface area contributed by atoms with E-state index in [1.165, 1.54) is 5.56 Å². The fraction of sp³-hybridized carbons (Fsp3) is 0.571. The normalized spacial score (nSPS) is 20.7. The minimum absolute atomic E-state index is 0.551. The summed E-state index contributed by atoms with van der Waals surface area (Å²) in [7, 11) is 3.37. The first-order valence-electron chi connectivity index (χ1n) is 6.40. The van der Waals surface area contributed by atoms with Crippen LogP contribution in [0, 0.1) is 0 Å². The minimum Gasteiger partial charge on any atom is -0.493 e. The van der Waals surface area contributed by atoms with E-state index in [9.17, 15) is 0 Å². The number of piperazine rings is 1. The molecule has 100 valence electrons. The summed E-state index contributed by atoms with van der Waals surface area (Å²) in [4.78, 5) is 2.44. The lowest BCUT2D eigenvalue weighted by Crippen LogP contribution is -2.48. The number of methoxy groups -OCH3 is 2. The van der Waals surface area contributed by atoms with Crippen molar-refractivity contribution in [2.24, 2.45) is 0 Å². The van der Waals surface area contributed by atoms with E-state index in [1.54, 1.807) is 14.2 Å². The molecule has 1 aromatic carbocycles. The Bertz CT molecular complexity index is 395. The van der Waals surface area contributed by atoms with Gasteiger partial charge in [-0.1, -0.05) is 12.1 Å². The second-order valence-corrected chi connectivity index (χ2v) is 4.74. The summed E-state index contributed by atoms with van der Waals surface area (Å²) in [6, 6.07) is 6.61. The highest BCUT2D eigenvalue weighted by molar-refractivity contribution is 5.46. The summed E-state index contributed by atoms with van der Waals surface area (Å²) >= 11 is 0. The Kier molecular flexibility index (Phi) is 4.44. The first kappa shape index (κ1) is 13.2. The third-order valence-electron chi connectivity index (χ3n) is 3.33. The molecule has 0 amide bonds. The van der Waals surface area contributed by atoms with Crippen LogP contribution in [0.5, 0.6) is 11.5 Å². The van der Waals surface area contributed by atoms with Gasteiger partial charge in [0.2, 0.25) is 0 Å². The third kappa shape index (κ3) is 2.94. The molecule has 1 fully saturated rings. The van der Waals surface area contributed by atoms with Crippen molar-refractivity contribution in [3.05, 3.63) is 23.8 Å². The van der Waals surface area contributed by atoms with Crippen LogP contribution in [0.2, 0.25) is 0 Å². The van der Waals surface area contributed by atoms with E-state index >= 15 is 0 Å². The lowest BCUT2D eigenvalue weighted by molar-refractivity contribution is 0.197. The van der Waals surface area contributed by atoms with E-state index < -0.39 is 0 Å². The quantitative estimate of drug-likeness (QED) is 0.878. The maximum atomic E-state index is 5.47. The molecular formula is C14H22N2O2. The van der Waals surface area contributed by atoms with Crippen LogP contribution in [0.15, 0.2) is 18.2 Å². The monoisotopic (exact) mass is 250 g/mol. The van der Waals surface area contributed by atoms with Crippen molar-refractivity contribution in [3.63, 3.8) is 0 Å². The van der Waals surface area contributed by atoms with Crippen LogP contribution in [0.4, 0.5) is 0 Å². The van der Waals surface area contributed by atoms with E-state index in [4.69, 9.17) is 9.47 Å². The molecule has 0 unspecified atom stereocenters. The van der Waals surface area contributed by atoms with Gasteiger partial charge in [-0.15, -0.1) is 0 Å². The molecule has 0 saturated carbocycles. The molecule has 4 heteroatoms. The molecule has 1 heterocycles. The zero-order valence-electron chi connectivity index (χ0n) is 11.4. The number of benzene rings is 1. The Labute approximate surface area is 109 Å². The number of nitrogens with zero attached hydrogens (tertiary/aromatic N) is 1. The van der Waals surface area contributed by atoms with Gasteiger partial charge in [0.05, 0.1) is 14.2 Å². The molecule has 1 atom stereocenters. The molecule has 2 rings (SSSR count). The lowest BCUT2D eigenvalue weighted by atomic mass is 10.1. The van der Waals surface area contributed by atoms with Crippen LogP contribution < -0.4 is 14.8 Å². The molecule has 1 aromatic rings. The van der Waals surface area contributed by atoms with Gasteiger partial charge in [-0.2, -0.15) is 0 Å². The van der Waals surface area contributed by atoms with Gasteiger partial charge < -0.3 is 14.8 Å². The fourth-order valence-corrected chi connectivity index (χ4v) is 2.47. The van der Waals surface area contributed by atoms with Crippen LogP contribution in [-0.2, 0) is 6.54 Å². The van der Waals surface area contributed by atoms with Crippen molar-refractivity contribution < 1.29 is 9.47 Å². The largest absolute Gasteiger partial charge is 0.493 e. The van der Waals surface area contributed by atoms with Crippen LogP contribution in [0.25, 0.3) is 0 Å². The lowest BCUT2D eigenvalue weighted by Gasteiger charge is -2.32. The Hall–Kier alpha value is -1.26. The van der Waals surface area contributed by atoms with Gasteiger partial charge in [-0.3, -0.25) is 4.90 Å². The second kappa shape index (κ2) is 6.07. The zero-order chi connectivity index (χ0) is 13.0. The predicted molar refractivity (Wildman–Crippen MR) is 72.3 cm³/mol. The van der Waals surface area contributed by atoms with Gasteiger partial charge in [0.25, 0.3) is 0 Å². The molecule has 0 aliphatic carbocycles. The number of rotatable bonds is 4. The molecule has 4 nitrogen and oxygen atoms in total. The summed E-state index contributed by atoms with van der Waals surface area (Å²) in [6.45, 7) is 6.32. The van der Waals surface area contributed by atoms with Gasteiger partial charge >= 0.3 is 0 Å². The van der Waals surface area contributed by atoms with Crippen LogP contribution >= 0.6 is 0 Å². The van der Waals surface area contributed by atoms with Crippen LogP contribution in [-0.4, -0.2) is 44.8 Å². The van der Waals surface area contributed by atoms with Crippen LogP contribution in [0.3, 0.4) is 0 Å². The maximum absolute atomic E-state index is 5.47. The maximum Gasteiger partial charge on any atom is 0.165 e. The van der Waals surface area contributed by atoms with Crippen molar-refractivity contribution in [2.45, 2.75) is 19.5 Å². The van der Waals surface area contributed by atoms with Crippen molar-refractivity contribution in [1.82, 2.24) is 10.2 Å². The third-order valence-corrected chi connectivity index (χ3v) is 3.33. The van der Waals surface area contributed by atoms with E-state index in [0.29, 0.717) is 6.04 Å². The first-order valence-corrected chi connectivity index (χ1v) is 6.40. The highest BCUT2D eigenvalue weighted by atomic mass is 16.5. The topological polar surface area (TPSA) is 33.7 Å². The van der Waals surface area contributed by atoms with Crippen molar-refractivity contribution in [3.8, 4) is 11.5 Å². The summed E-state index contributed by atoms with van der Waals surface area (Å²) in [5.41, 5.74) is 1.19. The zero-order valence-corrected chi connectivity index (χ0v) is 11.4. The summed E-state index contributed by atoms with van der Waals surface area (Å²) < 4.78 is 10.8. The van der Waals surface area contributed by atoms with Crippen molar-refractivity contribution in [2.75, 3.05) is 33.9 Å². The molecule has 0 bridgehead atoms. The molecule has 1 saturated heterocycles. The standard InChI is InChI=1S/C14H22N2O2/c1-11-9-16(8-7-15-11)10-12-5-4-6-13(17-2)14(12)18-3/h4-6,11,15H,7-10H2,1-3H3/t11-/m1/s1. The smallest absolute Gasteiger partial charge is 0.165 e. The van der Waals surface area contributed by atoms with Crippen molar-refractivity contribution >= 4 is 0 Å². The van der Waals surface area contributed by atoms with Crippen LogP contribution in [0.1, 0.15) is 12.5 Å². The molecule has 0 spiro atoms. The van der Waals surface area contributed by atoms with Gasteiger partial charge in [-0.05, 0) is 13.0 Å². The molecular weight excluding hydrogens is 228 g/mol. The summed E-state index contributed by atoms with van der Waals surface area (Å²) in [5.74, 6) is 1.66. The Morgan fingerprint density at radius 2 is 2.17 bits per heavy atom. The highest BCUT2D eigenvalue weighted by Crippen LogP contribution is 2.31. The van der Waals surface area contributed by atoms with E-state index in [2.05, 4.69) is 23.2 Å². The molecule has 1 aliphatic rings. The van der Waals surface area contributed by atoms with E-state index in [0.717, 1.165) is 37.7 Å². The number of hydrogen-bond donors (Lipinski definition) is 1. The van der Waals surface area contributed by atoms with Gasteiger partial charge in [-0.25, -0.2) is 0 Å². The number of ether oxygens (including phenoxy) is 2.